The lowest BCUT2D eigenvalue weighted by molar-refractivity contribution is -0.148. The van der Waals surface area contributed by atoms with Gasteiger partial charge in [-0.15, -0.1) is 0 Å². The maximum Gasteiger partial charge on any atom is 0.227 e. The number of nitrogens with zero attached hydrogens (tertiary/aromatic N) is 1. The van der Waals surface area contributed by atoms with Crippen LogP contribution in [0.15, 0.2) is 0 Å². The smallest absolute Gasteiger partial charge is 0.227 e. The van der Waals surface area contributed by atoms with Gasteiger partial charge in [0, 0.05) is 25.0 Å². The largest absolute Gasteiger partial charge is 0.389 e. The number of fused-ring (bicyclic) bond motifs is 1. The summed E-state index contributed by atoms with van der Waals surface area (Å²) in [6.45, 7) is 1.47. The zero-order valence-corrected chi connectivity index (χ0v) is 12.4. The first-order chi connectivity index (χ1) is 9.60. The first-order valence-corrected chi connectivity index (χ1v) is 8.37. The van der Waals surface area contributed by atoms with Gasteiger partial charge in [-0.25, -0.2) is 0 Å². The second-order valence-electron chi connectivity index (χ2n) is 7.14. The van der Waals surface area contributed by atoms with Gasteiger partial charge in [0.05, 0.1) is 11.5 Å². The minimum absolute atomic E-state index is 0.0264. The van der Waals surface area contributed by atoms with Crippen molar-refractivity contribution in [1.29, 1.82) is 0 Å². The Bertz CT molecular complexity index is 373. The highest BCUT2D eigenvalue weighted by Gasteiger charge is 2.45. The molecule has 2 saturated carbocycles. The van der Waals surface area contributed by atoms with Crippen LogP contribution in [0.5, 0.6) is 0 Å². The van der Waals surface area contributed by atoms with Gasteiger partial charge >= 0.3 is 0 Å². The molecule has 4 heteroatoms. The van der Waals surface area contributed by atoms with Crippen molar-refractivity contribution in [3.05, 3.63) is 0 Å². The molecule has 3 rings (SSSR count). The molecular weight excluding hydrogens is 252 g/mol. The third kappa shape index (κ3) is 2.60. The number of hydrogen-bond acceptors (Lipinski definition) is 3. The van der Waals surface area contributed by atoms with Crippen LogP contribution in [0.1, 0.15) is 57.8 Å². The maximum atomic E-state index is 12.7. The summed E-state index contributed by atoms with van der Waals surface area (Å²) in [5, 5.41) is 10.7. The molecular formula is C16H28N2O2. The van der Waals surface area contributed by atoms with Crippen molar-refractivity contribution in [1.82, 2.24) is 4.90 Å². The average Bonchev–Trinajstić information content (AvgIpc) is 2.46. The Morgan fingerprint density at radius 1 is 1.10 bits per heavy atom. The van der Waals surface area contributed by atoms with Gasteiger partial charge in [0.15, 0.2) is 0 Å². The fourth-order valence-corrected chi connectivity index (χ4v) is 4.47. The molecule has 0 aromatic heterocycles. The fourth-order valence-electron chi connectivity index (χ4n) is 4.47. The Kier molecular flexibility index (Phi) is 4.04. The van der Waals surface area contributed by atoms with Crippen LogP contribution in [0.25, 0.3) is 0 Å². The van der Waals surface area contributed by atoms with Crippen molar-refractivity contribution in [2.24, 2.45) is 17.6 Å². The van der Waals surface area contributed by atoms with E-state index in [-0.39, 0.29) is 23.8 Å². The summed E-state index contributed by atoms with van der Waals surface area (Å²) < 4.78 is 0. The third-order valence-corrected chi connectivity index (χ3v) is 5.88. The number of nitrogens with two attached hydrogens (primary N) is 1. The van der Waals surface area contributed by atoms with Crippen LogP contribution >= 0.6 is 0 Å². The summed E-state index contributed by atoms with van der Waals surface area (Å²) in [6, 6.07) is 0.0448. The molecule has 1 aliphatic heterocycles. The van der Waals surface area contributed by atoms with E-state index in [1.807, 2.05) is 4.90 Å². The first-order valence-electron chi connectivity index (χ1n) is 8.37. The number of amides is 1. The van der Waals surface area contributed by atoms with Crippen molar-refractivity contribution in [3.63, 3.8) is 0 Å². The zero-order valence-electron chi connectivity index (χ0n) is 12.4. The lowest BCUT2D eigenvalue weighted by atomic mass is 9.71. The van der Waals surface area contributed by atoms with Crippen LogP contribution in [-0.2, 0) is 4.79 Å². The predicted octanol–water partition coefficient (Wildman–Crippen LogP) is 1.66. The van der Waals surface area contributed by atoms with Crippen molar-refractivity contribution in [3.8, 4) is 0 Å². The summed E-state index contributed by atoms with van der Waals surface area (Å²) in [6.07, 6.45) is 9.29. The van der Waals surface area contributed by atoms with E-state index in [9.17, 15) is 9.90 Å². The van der Waals surface area contributed by atoms with E-state index in [0.717, 1.165) is 64.5 Å². The Labute approximate surface area is 121 Å². The molecule has 0 radical (unpaired) electrons. The molecule has 20 heavy (non-hydrogen) atoms. The number of rotatable bonds is 1. The maximum absolute atomic E-state index is 12.7. The highest BCUT2D eigenvalue weighted by Crippen LogP contribution is 2.40. The van der Waals surface area contributed by atoms with E-state index in [1.165, 1.54) is 6.42 Å². The van der Waals surface area contributed by atoms with Gasteiger partial charge in [0.2, 0.25) is 5.91 Å². The zero-order chi connectivity index (χ0) is 14.2. The topological polar surface area (TPSA) is 66.6 Å². The van der Waals surface area contributed by atoms with Crippen molar-refractivity contribution in [2.45, 2.75) is 69.4 Å². The van der Waals surface area contributed by atoms with Gasteiger partial charge in [0.25, 0.3) is 0 Å². The number of carbonyl (C=O) groups is 1. The number of piperidine rings is 1. The van der Waals surface area contributed by atoms with Gasteiger partial charge < -0.3 is 15.7 Å². The summed E-state index contributed by atoms with van der Waals surface area (Å²) in [5.41, 5.74) is 5.65. The van der Waals surface area contributed by atoms with Crippen LogP contribution in [0.4, 0.5) is 0 Å². The Hall–Kier alpha value is -0.610. The fraction of sp³-hybridized carbons (Fsp3) is 0.938. The normalized spacial score (nSPS) is 42.1. The first kappa shape index (κ1) is 14.3. The van der Waals surface area contributed by atoms with Gasteiger partial charge in [-0.05, 0) is 32.1 Å². The van der Waals surface area contributed by atoms with Gasteiger partial charge in [-0.3, -0.25) is 4.79 Å². The minimum Gasteiger partial charge on any atom is -0.389 e. The molecule has 4 unspecified atom stereocenters. The summed E-state index contributed by atoms with van der Waals surface area (Å²) in [7, 11) is 0. The van der Waals surface area contributed by atoms with E-state index in [1.54, 1.807) is 0 Å². The number of likely N-dealkylation sites (tertiary alicyclic amines) is 1. The van der Waals surface area contributed by atoms with Crippen molar-refractivity contribution < 1.29 is 9.90 Å². The lowest BCUT2D eigenvalue weighted by Crippen LogP contribution is -2.57. The van der Waals surface area contributed by atoms with Crippen LogP contribution < -0.4 is 5.73 Å². The monoisotopic (exact) mass is 280 g/mol. The number of carbonyl (C=O) groups excluding carboxylic acids is 1. The summed E-state index contributed by atoms with van der Waals surface area (Å²) in [5.74, 6) is 0.567. The quantitative estimate of drug-likeness (QED) is 0.767. The number of hydrogen-bond donors (Lipinski definition) is 2. The van der Waals surface area contributed by atoms with Gasteiger partial charge in [-0.1, -0.05) is 25.7 Å². The molecule has 0 bridgehead atoms. The average molecular weight is 280 g/mol. The standard InChI is InChI=1S/C16H28N2O2/c17-14-7-2-1-6-13(14)15(19)18-10-9-16(20)8-4-3-5-12(16)11-18/h12-14,20H,1-11,17H2. The molecule has 0 aromatic rings. The molecule has 3 N–H and O–H groups in total. The van der Waals surface area contributed by atoms with Crippen LogP contribution in [0.2, 0.25) is 0 Å². The minimum atomic E-state index is -0.496. The third-order valence-electron chi connectivity index (χ3n) is 5.88. The van der Waals surface area contributed by atoms with Gasteiger partial charge in [0.1, 0.15) is 0 Å². The highest BCUT2D eigenvalue weighted by molar-refractivity contribution is 5.79. The molecule has 2 aliphatic carbocycles. The van der Waals surface area contributed by atoms with E-state index in [0.29, 0.717) is 0 Å². The SMILES string of the molecule is NC1CCCCC1C(=O)N1CCC2(O)CCCCC2C1. The van der Waals surface area contributed by atoms with Crippen LogP contribution in [0.3, 0.4) is 0 Å². The molecule has 3 fully saturated rings. The van der Waals surface area contributed by atoms with E-state index in [2.05, 4.69) is 0 Å². The molecule has 0 aromatic carbocycles. The second-order valence-corrected chi connectivity index (χ2v) is 7.14. The summed E-state index contributed by atoms with van der Waals surface area (Å²) in [4.78, 5) is 14.7. The molecule has 4 nitrogen and oxygen atoms in total. The molecule has 1 heterocycles. The molecule has 0 spiro atoms. The van der Waals surface area contributed by atoms with Crippen LogP contribution in [-0.4, -0.2) is 40.6 Å². The highest BCUT2D eigenvalue weighted by atomic mass is 16.3. The Morgan fingerprint density at radius 3 is 2.65 bits per heavy atom. The van der Waals surface area contributed by atoms with E-state index in [4.69, 9.17) is 5.73 Å². The Morgan fingerprint density at radius 2 is 1.85 bits per heavy atom. The van der Waals surface area contributed by atoms with E-state index >= 15 is 0 Å². The Balaban J connectivity index is 1.65. The van der Waals surface area contributed by atoms with Crippen molar-refractivity contribution >= 4 is 5.91 Å². The second kappa shape index (κ2) is 5.64. The number of aliphatic hydroxyl groups is 1. The molecule has 114 valence electrons. The van der Waals surface area contributed by atoms with Crippen molar-refractivity contribution in [2.75, 3.05) is 13.1 Å². The van der Waals surface area contributed by atoms with Crippen LogP contribution in [0, 0.1) is 11.8 Å². The molecule has 1 saturated heterocycles. The van der Waals surface area contributed by atoms with E-state index < -0.39 is 5.60 Å². The molecule has 4 atom stereocenters. The summed E-state index contributed by atoms with van der Waals surface area (Å²) >= 11 is 0. The lowest BCUT2D eigenvalue weighted by Gasteiger charge is -2.48. The van der Waals surface area contributed by atoms with Gasteiger partial charge in [-0.2, -0.15) is 0 Å². The molecule has 3 aliphatic rings. The predicted molar refractivity (Wildman–Crippen MR) is 78.0 cm³/mol. The molecule has 1 amide bonds.